The Morgan fingerprint density at radius 2 is 2.43 bits per heavy atom. The molecule has 2 heterocycles. The van der Waals surface area contributed by atoms with E-state index in [1.807, 2.05) is 0 Å². The van der Waals surface area contributed by atoms with Crippen LogP contribution >= 0.6 is 0 Å². The summed E-state index contributed by atoms with van der Waals surface area (Å²) in [4.78, 5) is 18.7. The summed E-state index contributed by atoms with van der Waals surface area (Å²) in [7, 11) is 0. The van der Waals surface area contributed by atoms with Gasteiger partial charge in [0.25, 0.3) is 5.78 Å². The lowest BCUT2D eigenvalue weighted by Gasteiger charge is -1.89. The number of rotatable bonds is 1. The van der Waals surface area contributed by atoms with Crippen LogP contribution in [0.2, 0.25) is 0 Å². The molecule has 0 saturated heterocycles. The van der Waals surface area contributed by atoms with Gasteiger partial charge in [-0.15, -0.1) is 5.10 Å². The van der Waals surface area contributed by atoms with Crippen LogP contribution in [0, 0.1) is 13.1 Å². The quantitative estimate of drug-likeness (QED) is 0.462. The van der Waals surface area contributed by atoms with Gasteiger partial charge in [0, 0.05) is 5.69 Å². The smallest absolute Gasteiger partial charge is 0.288 e. The monoisotopic (exact) mass is 192 g/mol. The fourth-order valence-electron chi connectivity index (χ4n) is 0.954. The first-order chi connectivity index (χ1) is 6.70. The Morgan fingerprint density at radius 3 is 3.14 bits per heavy atom. The number of nitrogens with one attached hydrogen (secondary N) is 1. The lowest BCUT2D eigenvalue weighted by Crippen LogP contribution is -2.20. The number of hydroxylamine groups is 1. The lowest BCUT2D eigenvalue weighted by molar-refractivity contribution is 0.0695. The molecule has 0 bridgehead atoms. The third-order valence-corrected chi connectivity index (χ3v) is 1.57. The SMILES string of the molecule is Cc1c[c]n2nc(C(=O)NO)nc2n1. The predicted molar refractivity (Wildman–Crippen MR) is 43.6 cm³/mol. The van der Waals surface area contributed by atoms with E-state index in [1.54, 1.807) is 13.0 Å². The van der Waals surface area contributed by atoms with E-state index in [4.69, 9.17) is 5.21 Å². The van der Waals surface area contributed by atoms with E-state index in [2.05, 4.69) is 21.3 Å². The molecule has 14 heavy (non-hydrogen) atoms. The third-order valence-electron chi connectivity index (χ3n) is 1.57. The van der Waals surface area contributed by atoms with Crippen molar-refractivity contribution in [1.82, 2.24) is 25.1 Å². The van der Waals surface area contributed by atoms with Crippen molar-refractivity contribution in [2.45, 2.75) is 6.92 Å². The number of amides is 1. The number of carbonyl (C=O) groups is 1. The van der Waals surface area contributed by atoms with Gasteiger partial charge in [-0.05, 0) is 13.0 Å². The molecule has 1 amide bonds. The summed E-state index contributed by atoms with van der Waals surface area (Å²) in [6.07, 6.45) is 2.74. The molecule has 0 aliphatic heterocycles. The minimum absolute atomic E-state index is 0.151. The average molecular weight is 192 g/mol. The van der Waals surface area contributed by atoms with E-state index in [-0.39, 0.29) is 11.6 Å². The van der Waals surface area contributed by atoms with Crippen LogP contribution in [0.3, 0.4) is 0 Å². The summed E-state index contributed by atoms with van der Waals surface area (Å²) in [6.45, 7) is 1.77. The Labute approximate surface area is 78.4 Å². The van der Waals surface area contributed by atoms with Gasteiger partial charge in [0.1, 0.15) is 0 Å². The first-order valence-electron chi connectivity index (χ1n) is 3.77. The zero-order chi connectivity index (χ0) is 10.1. The zero-order valence-corrected chi connectivity index (χ0v) is 7.22. The molecule has 0 atom stereocenters. The van der Waals surface area contributed by atoms with Gasteiger partial charge >= 0.3 is 5.91 Å². The summed E-state index contributed by atoms with van der Waals surface area (Å²) in [5.74, 6) is -0.660. The van der Waals surface area contributed by atoms with Gasteiger partial charge in [-0.2, -0.15) is 9.50 Å². The molecule has 0 saturated carbocycles. The Kier molecular flexibility index (Phi) is 1.86. The molecule has 7 heteroatoms. The molecule has 71 valence electrons. The fraction of sp³-hybridized carbons (Fsp3) is 0.143. The molecule has 2 N–H and O–H groups in total. The van der Waals surface area contributed by atoms with Crippen molar-refractivity contribution in [2.75, 3.05) is 0 Å². The number of hydrogen-bond acceptors (Lipinski definition) is 5. The van der Waals surface area contributed by atoms with Crippen molar-refractivity contribution in [3.05, 3.63) is 23.8 Å². The van der Waals surface area contributed by atoms with Crippen LogP contribution in [-0.4, -0.2) is 30.7 Å². The van der Waals surface area contributed by atoms with Gasteiger partial charge < -0.3 is 0 Å². The van der Waals surface area contributed by atoms with Crippen molar-refractivity contribution < 1.29 is 10.0 Å². The first-order valence-corrected chi connectivity index (χ1v) is 3.77. The van der Waals surface area contributed by atoms with Gasteiger partial charge in [0.05, 0.1) is 6.20 Å². The van der Waals surface area contributed by atoms with Crippen LogP contribution < -0.4 is 5.48 Å². The van der Waals surface area contributed by atoms with Gasteiger partial charge in [-0.3, -0.25) is 10.0 Å². The number of hydrogen-bond donors (Lipinski definition) is 2. The molecular formula is C7H6N5O2. The standard InChI is InChI=1S/C7H6N5O2/c1-4-2-3-12-7(8-4)9-5(10-12)6(13)11-14/h2,14H,1H3,(H,11,13). The van der Waals surface area contributed by atoms with Crippen LogP contribution in [0.25, 0.3) is 5.78 Å². The predicted octanol–water partition coefficient (Wildman–Crippen LogP) is -0.648. The maximum atomic E-state index is 10.9. The van der Waals surface area contributed by atoms with Gasteiger partial charge in [-0.25, -0.2) is 10.5 Å². The van der Waals surface area contributed by atoms with Crippen molar-refractivity contribution in [3.63, 3.8) is 0 Å². The molecule has 0 aliphatic rings. The second-order valence-corrected chi connectivity index (χ2v) is 2.61. The summed E-state index contributed by atoms with van der Waals surface area (Å²) in [5.41, 5.74) is 2.16. The molecule has 0 unspecified atom stereocenters. The normalized spacial score (nSPS) is 10.4. The highest BCUT2D eigenvalue weighted by atomic mass is 16.5. The highest BCUT2D eigenvalue weighted by Crippen LogP contribution is 1.98. The number of aromatic nitrogens is 4. The maximum Gasteiger partial charge on any atom is 0.314 e. The van der Waals surface area contributed by atoms with Crippen molar-refractivity contribution >= 4 is 11.7 Å². The number of nitrogens with zero attached hydrogens (tertiary/aromatic N) is 4. The van der Waals surface area contributed by atoms with Crippen LogP contribution in [0.5, 0.6) is 0 Å². The molecule has 2 aromatic heterocycles. The van der Waals surface area contributed by atoms with E-state index in [0.29, 0.717) is 0 Å². The van der Waals surface area contributed by atoms with Crippen LogP contribution in [0.4, 0.5) is 0 Å². The third kappa shape index (κ3) is 1.29. The van der Waals surface area contributed by atoms with E-state index in [0.717, 1.165) is 5.69 Å². The Morgan fingerprint density at radius 1 is 1.64 bits per heavy atom. The van der Waals surface area contributed by atoms with E-state index < -0.39 is 5.91 Å². The topological polar surface area (TPSA) is 92.4 Å². The number of fused-ring (bicyclic) bond motifs is 1. The molecule has 0 spiro atoms. The molecule has 2 aromatic rings. The van der Waals surface area contributed by atoms with Crippen molar-refractivity contribution in [1.29, 1.82) is 0 Å². The number of carbonyl (C=O) groups excluding carboxylic acids is 1. The van der Waals surface area contributed by atoms with Gasteiger partial charge in [0.15, 0.2) is 0 Å². The summed E-state index contributed by atoms with van der Waals surface area (Å²) < 4.78 is 1.23. The second-order valence-electron chi connectivity index (χ2n) is 2.61. The van der Waals surface area contributed by atoms with Crippen LogP contribution in [0.1, 0.15) is 16.3 Å². The summed E-state index contributed by atoms with van der Waals surface area (Å²) >= 11 is 0. The highest BCUT2D eigenvalue weighted by molar-refractivity contribution is 5.89. The Balaban J connectivity index is 2.56. The average Bonchev–Trinajstić information content (AvgIpc) is 2.59. The molecule has 0 aromatic carbocycles. The highest BCUT2D eigenvalue weighted by Gasteiger charge is 2.12. The van der Waals surface area contributed by atoms with Gasteiger partial charge in [0.2, 0.25) is 5.82 Å². The first kappa shape index (κ1) is 8.57. The summed E-state index contributed by atoms with van der Waals surface area (Å²) in [5, 5.41) is 12.1. The van der Waals surface area contributed by atoms with Gasteiger partial charge in [-0.1, -0.05) is 0 Å². The van der Waals surface area contributed by atoms with Crippen LogP contribution in [0.15, 0.2) is 6.07 Å². The van der Waals surface area contributed by atoms with E-state index >= 15 is 0 Å². The Bertz CT molecular complexity index is 492. The lowest BCUT2D eigenvalue weighted by atomic mass is 10.5. The van der Waals surface area contributed by atoms with E-state index in [9.17, 15) is 4.79 Å². The van der Waals surface area contributed by atoms with E-state index in [1.165, 1.54) is 10.00 Å². The molecule has 7 nitrogen and oxygen atoms in total. The molecular weight excluding hydrogens is 186 g/mol. The van der Waals surface area contributed by atoms with Crippen LogP contribution in [-0.2, 0) is 0 Å². The minimum atomic E-state index is -0.776. The minimum Gasteiger partial charge on any atom is -0.288 e. The maximum absolute atomic E-state index is 10.9. The molecule has 2 rings (SSSR count). The fourth-order valence-corrected chi connectivity index (χ4v) is 0.954. The largest absolute Gasteiger partial charge is 0.314 e. The second kappa shape index (κ2) is 3.04. The number of aryl methyl sites for hydroxylation is 1. The van der Waals surface area contributed by atoms with Crippen molar-refractivity contribution in [2.24, 2.45) is 0 Å². The Hall–Kier alpha value is -2.02. The molecule has 1 radical (unpaired) electrons. The molecule has 0 aliphatic carbocycles. The van der Waals surface area contributed by atoms with Crippen molar-refractivity contribution in [3.8, 4) is 0 Å². The summed E-state index contributed by atoms with van der Waals surface area (Å²) in [6, 6.07) is 1.61. The molecule has 0 fully saturated rings. The zero-order valence-electron chi connectivity index (χ0n) is 7.22.